The van der Waals surface area contributed by atoms with Gasteiger partial charge in [-0.1, -0.05) is 74.5 Å². The number of hydrogen-bond acceptors (Lipinski definition) is 4. The van der Waals surface area contributed by atoms with Gasteiger partial charge in [-0.2, -0.15) is 4.31 Å². The highest BCUT2D eigenvalue weighted by Crippen LogP contribution is 2.16. The van der Waals surface area contributed by atoms with E-state index >= 15 is 0 Å². The summed E-state index contributed by atoms with van der Waals surface area (Å²) in [7, 11) is -3.80. The van der Waals surface area contributed by atoms with Crippen molar-refractivity contribution in [3.8, 4) is 0 Å². The molecule has 0 saturated carbocycles. The third kappa shape index (κ3) is 7.71. The number of furan rings is 1. The van der Waals surface area contributed by atoms with Crippen molar-refractivity contribution >= 4 is 22.0 Å². The first kappa shape index (κ1) is 25.5. The number of rotatable bonds is 11. The van der Waals surface area contributed by atoms with E-state index in [4.69, 9.17) is 4.42 Å². The molecule has 2 aromatic carbocycles. The van der Waals surface area contributed by atoms with E-state index in [2.05, 4.69) is 0 Å². The van der Waals surface area contributed by atoms with Crippen LogP contribution in [0.3, 0.4) is 0 Å². The number of nitrogens with zero attached hydrogens (tertiary/aromatic N) is 2. The molecule has 3 rings (SSSR count). The Bertz CT molecular complexity index is 1190. The standard InChI is InChI=1S/C27H32N2O4S/c1-22(2)18-29(34(31,32)17-16-24-10-6-4-7-11-24)21-27(30)28(19-25-12-8-5-9-13-25)20-26-15-14-23(3)33-26/h4-17,22H,18-21H2,1-3H3. The zero-order chi connectivity index (χ0) is 24.6. The van der Waals surface area contributed by atoms with Crippen LogP contribution in [-0.2, 0) is 27.9 Å². The lowest BCUT2D eigenvalue weighted by Gasteiger charge is -2.27. The summed E-state index contributed by atoms with van der Waals surface area (Å²) in [5.41, 5.74) is 1.74. The Morgan fingerprint density at radius 1 is 0.941 bits per heavy atom. The van der Waals surface area contributed by atoms with Crippen molar-refractivity contribution in [2.45, 2.75) is 33.9 Å². The summed E-state index contributed by atoms with van der Waals surface area (Å²) >= 11 is 0. The Morgan fingerprint density at radius 2 is 1.59 bits per heavy atom. The van der Waals surface area contributed by atoms with Crippen LogP contribution in [0.4, 0.5) is 0 Å². The minimum atomic E-state index is -3.80. The van der Waals surface area contributed by atoms with E-state index in [9.17, 15) is 13.2 Å². The van der Waals surface area contributed by atoms with Gasteiger partial charge in [-0.05, 0) is 42.2 Å². The average Bonchev–Trinajstić information content (AvgIpc) is 3.22. The molecule has 3 aromatic rings. The first-order chi connectivity index (χ1) is 16.2. The largest absolute Gasteiger partial charge is 0.464 e. The zero-order valence-corrected chi connectivity index (χ0v) is 20.7. The van der Waals surface area contributed by atoms with E-state index in [1.165, 1.54) is 9.71 Å². The molecule has 180 valence electrons. The van der Waals surface area contributed by atoms with E-state index < -0.39 is 10.0 Å². The fourth-order valence-electron chi connectivity index (χ4n) is 3.53. The second kappa shape index (κ2) is 11.8. The molecule has 0 unspecified atom stereocenters. The van der Waals surface area contributed by atoms with Crippen LogP contribution in [0, 0.1) is 12.8 Å². The topological polar surface area (TPSA) is 70.8 Å². The molecule has 0 fully saturated rings. The average molecular weight is 481 g/mol. The molecule has 1 aromatic heterocycles. The van der Waals surface area contributed by atoms with Gasteiger partial charge in [-0.25, -0.2) is 8.42 Å². The molecule has 1 amide bonds. The van der Waals surface area contributed by atoms with Gasteiger partial charge in [0.25, 0.3) is 0 Å². The van der Waals surface area contributed by atoms with E-state index in [-0.39, 0.29) is 31.5 Å². The van der Waals surface area contributed by atoms with Gasteiger partial charge in [0.2, 0.25) is 15.9 Å². The fraction of sp³-hybridized carbons (Fsp3) is 0.296. The summed E-state index contributed by atoms with van der Waals surface area (Å²) in [6.07, 6.45) is 1.56. The summed E-state index contributed by atoms with van der Waals surface area (Å²) in [4.78, 5) is 15.1. The second-order valence-electron chi connectivity index (χ2n) is 8.69. The number of benzene rings is 2. The number of amides is 1. The molecule has 0 N–H and O–H groups in total. The predicted octanol–water partition coefficient (Wildman–Crippen LogP) is 5.08. The Kier molecular flexibility index (Phi) is 8.85. The van der Waals surface area contributed by atoms with Crippen LogP contribution in [0.5, 0.6) is 0 Å². The van der Waals surface area contributed by atoms with Crippen molar-refractivity contribution in [3.05, 3.63) is 101 Å². The van der Waals surface area contributed by atoms with Crippen LogP contribution in [0.25, 0.3) is 6.08 Å². The highest BCUT2D eigenvalue weighted by molar-refractivity contribution is 7.92. The number of carbonyl (C=O) groups excluding carboxylic acids is 1. The van der Waals surface area contributed by atoms with Crippen molar-refractivity contribution in [1.82, 2.24) is 9.21 Å². The summed E-state index contributed by atoms with van der Waals surface area (Å²) in [6, 6.07) is 22.6. The minimum absolute atomic E-state index is 0.0583. The van der Waals surface area contributed by atoms with Gasteiger partial charge >= 0.3 is 0 Å². The molecule has 6 nitrogen and oxygen atoms in total. The third-order valence-corrected chi connectivity index (χ3v) is 6.66. The molecular formula is C27H32N2O4S. The number of sulfonamides is 1. The quantitative estimate of drug-likeness (QED) is 0.384. The number of carbonyl (C=O) groups is 1. The van der Waals surface area contributed by atoms with Crippen LogP contribution in [0.2, 0.25) is 0 Å². The van der Waals surface area contributed by atoms with Crippen LogP contribution in [0.1, 0.15) is 36.5 Å². The number of hydrogen-bond donors (Lipinski definition) is 0. The predicted molar refractivity (Wildman–Crippen MR) is 135 cm³/mol. The van der Waals surface area contributed by atoms with Crippen LogP contribution in [0.15, 0.2) is 82.6 Å². The molecule has 0 atom stereocenters. The van der Waals surface area contributed by atoms with Crippen LogP contribution in [-0.4, -0.2) is 36.6 Å². The Hall–Kier alpha value is -3.16. The molecule has 0 aliphatic rings. The van der Waals surface area contributed by atoms with Crippen molar-refractivity contribution in [2.75, 3.05) is 13.1 Å². The maximum atomic E-state index is 13.4. The normalized spacial score (nSPS) is 12.0. The lowest BCUT2D eigenvalue weighted by molar-refractivity contribution is -0.133. The molecule has 0 aliphatic heterocycles. The first-order valence-electron chi connectivity index (χ1n) is 11.3. The molecule has 0 radical (unpaired) electrons. The van der Waals surface area contributed by atoms with Gasteiger partial charge in [0.15, 0.2) is 0 Å². The Balaban J connectivity index is 1.82. The molecule has 7 heteroatoms. The molecule has 0 aliphatic carbocycles. The van der Waals surface area contributed by atoms with E-state index in [1.54, 1.807) is 11.0 Å². The van der Waals surface area contributed by atoms with Gasteiger partial charge < -0.3 is 9.32 Å². The van der Waals surface area contributed by atoms with Crippen molar-refractivity contribution in [2.24, 2.45) is 5.92 Å². The third-order valence-electron chi connectivity index (χ3n) is 5.18. The smallest absolute Gasteiger partial charge is 0.238 e. The lowest BCUT2D eigenvalue weighted by atomic mass is 10.2. The van der Waals surface area contributed by atoms with Crippen LogP contribution >= 0.6 is 0 Å². The van der Waals surface area contributed by atoms with E-state index in [1.807, 2.05) is 93.6 Å². The molecule has 0 saturated heterocycles. The second-order valence-corrected chi connectivity index (χ2v) is 10.5. The Labute approximate surface area is 202 Å². The maximum absolute atomic E-state index is 13.4. The minimum Gasteiger partial charge on any atom is -0.464 e. The van der Waals surface area contributed by atoms with E-state index in [0.29, 0.717) is 12.3 Å². The first-order valence-corrected chi connectivity index (χ1v) is 12.8. The SMILES string of the molecule is Cc1ccc(CN(Cc2ccccc2)C(=O)CN(CC(C)C)S(=O)(=O)C=Cc2ccccc2)o1. The summed E-state index contributed by atoms with van der Waals surface area (Å²) in [5.74, 6) is 1.19. The van der Waals surface area contributed by atoms with Gasteiger partial charge in [0.05, 0.1) is 13.1 Å². The fourth-order valence-corrected chi connectivity index (χ4v) is 4.82. The van der Waals surface area contributed by atoms with Crippen molar-refractivity contribution in [1.29, 1.82) is 0 Å². The molecular weight excluding hydrogens is 448 g/mol. The molecule has 1 heterocycles. The molecule has 0 spiro atoms. The monoisotopic (exact) mass is 480 g/mol. The highest BCUT2D eigenvalue weighted by Gasteiger charge is 2.26. The Morgan fingerprint density at radius 3 is 2.18 bits per heavy atom. The van der Waals surface area contributed by atoms with E-state index in [0.717, 1.165) is 16.9 Å². The van der Waals surface area contributed by atoms with Gasteiger partial charge in [-0.3, -0.25) is 4.79 Å². The lowest BCUT2D eigenvalue weighted by Crippen LogP contribution is -2.43. The van der Waals surface area contributed by atoms with Crippen LogP contribution < -0.4 is 0 Å². The van der Waals surface area contributed by atoms with Gasteiger partial charge in [0.1, 0.15) is 11.5 Å². The number of aryl methyl sites for hydroxylation is 1. The molecule has 34 heavy (non-hydrogen) atoms. The molecule has 0 bridgehead atoms. The van der Waals surface area contributed by atoms with Crippen molar-refractivity contribution < 1.29 is 17.6 Å². The van der Waals surface area contributed by atoms with Gasteiger partial charge in [-0.15, -0.1) is 0 Å². The van der Waals surface area contributed by atoms with Gasteiger partial charge in [0, 0.05) is 18.5 Å². The summed E-state index contributed by atoms with van der Waals surface area (Å²) in [5, 5.41) is 1.18. The summed E-state index contributed by atoms with van der Waals surface area (Å²) in [6.45, 7) is 6.33. The zero-order valence-electron chi connectivity index (χ0n) is 19.9. The summed E-state index contributed by atoms with van der Waals surface area (Å²) < 4.78 is 33.3. The maximum Gasteiger partial charge on any atom is 0.238 e. The highest BCUT2D eigenvalue weighted by atomic mass is 32.2. The van der Waals surface area contributed by atoms with Crippen molar-refractivity contribution in [3.63, 3.8) is 0 Å².